The molecule has 0 aromatic carbocycles. The van der Waals surface area contributed by atoms with Crippen molar-refractivity contribution >= 4 is 41.8 Å². The second kappa shape index (κ2) is 11.2. The monoisotopic (exact) mass is 468 g/mol. The van der Waals surface area contributed by atoms with Gasteiger partial charge in [0.15, 0.2) is 0 Å². The number of hydrogen-bond acceptors (Lipinski definition) is 0. The van der Waals surface area contributed by atoms with Gasteiger partial charge in [-0.25, -0.2) is 0 Å². The Labute approximate surface area is 129 Å². The fourth-order valence-corrected chi connectivity index (χ4v) is 12.9. The van der Waals surface area contributed by atoms with Gasteiger partial charge in [0.2, 0.25) is 0 Å². The Kier molecular flexibility index (Phi) is 10.8. The van der Waals surface area contributed by atoms with Crippen LogP contribution in [-0.4, -0.2) is 41.8 Å². The molecule has 100 valence electrons. The van der Waals surface area contributed by atoms with Crippen LogP contribution in [0.25, 0.3) is 0 Å². The molecule has 0 amide bonds. The normalized spacial score (nSPS) is 16.2. The van der Waals surface area contributed by atoms with Crippen LogP contribution in [0.2, 0.25) is 8.94 Å². The van der Waals surface area contributed by atoms with Gasteiger partial charge in [-0.3, -0.25) is 0 Å². The zero-order valence-electron chi connectivity index (χ0n) is 11.6. The third-order valence-corrected chi connectivity index (χ3v) is 13.7. The van der Waals surface area contributed by atoms with E-state index in [1.807, 2.05) is 5.57 Å². The first-order chi connectivity index (χ1) is 8.38. The van der Waals surface area contributed by atoms with E-state index in [2.05, 4.69) is 15.5 Å². The minimum absolute atomic E-state index is 0.261. The molecule has 1 aliphatic rings. The van der Waals surface area contributed by atoms with Gasteiger partial charge in [-0.2, -0.15) is 0 Å². The minimum atomic E-state index is 0.261. The van der Waals surface area contributed by atoms with Crippen LogP contribution in [0.3, 0.4) is 0 Å². The fourth-order valence-electron chi connectivity index (χ4n) is 2.05. The van der Waals surface area contributed by atoms with Gasteiger partial charge in [0.25, 0.3) is 0 Å². The predicted octanol–water partition coefficient (Wildman–Crippen LogP) is 5.01. The van der Waals surface area contributed by atoms with Gasteiger partial charge < -0.3 is 0 Å². The molecule has 0 heterocycles. The summed E-state index contributed by atoms with van der Waals surface area (Å²) in [6.45, 7) is 4.68. The average molecular weight is 464 g/mol. The molecule has 17 heavy (non-hydrogen) atoms. The van der Waals surface area contributed by atoms with Crippen LogP contribution in [-0.2, 0) is 0 Å². The van der Waals surface area contributed by atoms with Crippen molar-refractivity contribution in [3.8, 4) is 0 Å². The van der Waals surface area contributed by atoms with Gasteiger partial charge in [0.1, 0.15) is 0 Å². The number of rotatable bonds is 8. The van der Waals surface area contributed by atoms with E-state index in [1.165, 1.54) is 57.8 Å². The van der Waals surface area contributed by atoms with E-state index in [0.29, 0.717) is 0 Å². The average Bonchev–Trinajstić information content (AvgIpc) is 2.38. The van der Waals surface area contributed by atoms with Crippen molar-refractivity contribution in [1.29, 1.82) is 0 Å². The Morgan fingerprint density at radius 2 is 1.41 bits per heavy atom. The Morgan fingerprint density at radius 1 is 0.882 bits per heavy atom. The summed E-state index contributed by atoms with van der Waals surface area (Å²) < 4.78 is 5.32. The summed E-state index contributed by atoms with van der Waals surface area (Å²) >= 11 is 0.523. The quantitative estimate of drug-likeness (QED) is 0.351. The molecule has 1 saturated carbocycles. The summed E-state index contributed by atoms with van der Waals surface area (Å²) in [4.78, 5) is 0. The Bertz CT molecular complexity index is 201. The molecule has 0 saturated heterocycles. The second-order valence-corrected chi connectivity index (χ2v) is 13.7. The van der Waals surface area contributed by atoms with Gasteiger partial charge in [-0.1, -0.05) is 0 Å². The molecule has 0 spiro atoms. The zero-order chi connectivity index (χ0) is 12.3. The molecule has 0 atom stereocenters. The van der Waals surface area contributed by atoms with Crippen molar-refractivity contribution in [1.82, 2.24) is 0 Å². The van der Waals surface area contributed by atoms with E-state index < -0.39 is 0 Å². The molecule has 0 aliphatic heterocycles. The molecule has 1 fully saturated rings. The van der Waals surface area contributed by atoms with Crippen molar-refractivity contribution in [2.75, 3.05) is 0 Å². The van der Waals surface area contributed by atoms with E-state index >= 15 is 0 Å². The maximum atomic E-state index is 2.34. The summed E-state index contributed by atoms with van der Waals surface area (Å²) in [6.07, 6.45) is 13.3. The Balaban J connectivity index is 2.43. The van der Waals surface area contributed by atoms with Crippen LogP contribution < -0.4 is 0 Å². The first-order valence-corrected chi connectivity index (χ1v) is 13.0. The predicted molar refractivity (Wildman–Crippen MR) is 81.0 cm³/mol. The van der Waals surface area contributed by atoms with Gasteiger partial charge in [-0.05, 0) is 0 Å². The van der Waals surface area contributed by atoms with E-state index in [9.17, 15) is 0 Å². The second-order valence-electron chi connectivity index (χ2n) is 4.86. The molecule has 0 N–H and O–H groups in total. The van der Waals surface area contributed by atoms with Crippen LogP contribution in [0.4, 0.5) is 0 Å². The molecule has 0 nitrogen and oxygen atoms in total. The van der Waals surface area contributed by atoms with Gasteiger partial charge >= 0.3 is 130 Å². The van der Waals surface area contributed by atoms with Gasteiger partial charge in [-0.15, -0.1) is 0 Å². The van der Waals surface area contributed by atoms with Crippen LogP contribution in [0, 0.1) is 0 Å². The summed E-state index contributed by atoms with van der Waals surface area (Å²) in [5, 5.41) is 0. The summed E-state index contributed by atoms with van der Waals surface area (Å²) in [5.41, 5.74) is 1.98. The topological polar surface area (TPSA) is 0 Å². The SMILES string of the molecule is CCCC[Te]C([Te]CCCC)=C1CCCCC1. The first-order valence-electron chi connectivity index (χ1n) is 7.36. The van der Waals surface area contributed by atoms with Crippen LogP contribution in [0.15, 0.2) is 7.24 Å². The third-order valence-electron chi connectivity index (χ3n) is 3.21. The summed E-state index contributed by atoms with van der Waals surface area (Å²) in [5.74, 6) is 0. The summed E-state index contributed by atoms with van der Waals surface area (Å²) in [6, 6.07) is 0. The van der Waals surface area contributed by atoms with E-state index in [1.54, 1.807) is 8.94 Å². The molecule has 0 aromatic rings. The molecule has 0 unspecified atom stereocenters. The standard InChI is InChI=1S/C15H28Te2/c1-3-5-12-16-15(17-13-6-4-2)14-10-8-7-9-11-14/h3-13H2,1-2H3. The van der Waals surface area contributed by atoms with Crippen molar-refractivity contribution in [3.05, 3.63) is 7.24 Å². The molecular weight excluding hydrogens is 435 g/mol. The molecule has 0 bridgehead atoms. The summed E-state index contributed by atoms with van der Waals surface area (Å²) in [7, 11) is 0. The number of hydrogen-bond donors (Lipinski definition) is 0. The fraction of sp³-hybridized carbons (Fsp3) is 0.867. The third kappa shape index (κ3) is 7.47. The van der Waals surface area contributed by atoms with E-state index in [0.717, 1.165) is 0 Å². The molecule has 1 rings (SSSR count). The van der Waals surface area contributed by atoms with Crippen molar-refractivity contribution < 1.29 is 0 Å². The number of unbranched alkanes of at least 4 members (excludes halogenated alkanes) is 2. The first kappa shape index (κ1) is 16.4. The molecular formula is C15H28Te2. The van der Waals surface area contributed by atoms with Crippen molar-refractivity contribution in [3.63, 3.8) is 0 Å². The van der Waals surface area contributed by atoms with Crippen molar-refractivity contribution in [2.24, 2.45) is 0 Å². The molecule has 0 aromatic heterocycles. The van der Waals surface area contributed by atoms with E-state index in [4.69, 9.17) is 0 Å². The zero-order valence-corrected chi connectivity index (χ0v) is 16.3. The maximum absolute atomic E-state index is 2.34. The van der Waals surface area contributed by atoms with Crippen LogP contribution in [0.5, 0.6) is 0 Å². The molecule has 2 heteroatoms. The Hall–Kier alpha value is 1.32. The van der Waals surface area contributed by atoms with E-state index in [-0.39, 0.29) is 41.8 Å². The number of allylic oxidation sites excluding steroid dienone is 1. The van der Waals surface area contributed by atoms with Gasteiger partial charge in [0, 0.05) is 0 Å². The van der Waals surface area contributed by atoms with Gasteiger partial charge in [0.05, 0.1) is 0 Å². The van der Waals surface area contributed by atoms with Crippen LogP contribution in [0.1, 0.15) is 71.6 Å². The Morgan fingerprint density at radius 3 is 1.88 bits per heavy atom. The van der Waals surface area contributed by atoms with Crippen LogP contribution >= 0.6 is 0 Å². The molecule has 0 radical (unpaired) electrons. The molecule has 1 aliphatic carbocycles. The van der Waals surface area contributed by atoms with Crippen molar-refractivity contribution in [2.45, 2.75) is 80.6 Å².